The normalized spacial score (nSPS) is 14.9. The summed E-state index contributed by atoms with van der Waals surface area (Å²) < 4.78 is 11.3. The third kappa shape index (κ3) is 2.57. The van der Waals surface area contributed by atoms with Gasteiger partial charge in [-0.2, -0.15) is 0 Å². The molecule has 0 amide bonds. The molecule has 0 unspecified atom stereocenters. The number of rotatable bonds is 3. The van der Waals surface area contributed by atoms with Crippen molar-refractivity contribution in [2.75, 3.05) is 6.61 Å². The third-order valence-corrected chi connectivity index (χ3v) is 3.78. The molecule has 0 aromatic heterocycles. The number of hydrogen-bond donors (Lipinski definition) is 1. The molecular formula is C17H17NO3. The molecule has 1 N–H and O–H groups in total. The predicted octanol–water partition coefficient (Wildman–Crippen LogP) is 3.45. The molecule has 0 bridgehead atoms. The molecule has 0 aliphatic carbocycles. The Morgan fingerprint density at radius 2 is 1.95 bits per heavy atom. The van der Waals surface area contributed by atoms with Crippen molar-refractivity contribution in [3.05, 3.63) is 58.7 Å². The fourth-order valence-electron chi connectivity index (χ4n) is 2.49. The number of fused-ring (bicyclic) bond motifs is 1. The van der Waals surface area contributed by atoms with Gasteiger partial charge in [-0.25, -0.2) is 0 Å². The van der Waals surface area contributed by atoms with Crippen molar-refractivity contribution < 1.29 is 14.7 Å². The van der Waals surface area contributed by atoms with Gasteiger partial charge in [-0.3, -0.25) is 0 Å². The van der Waals surface area contributed by atoms with Crippen LogP contribution in [0.2, 0.25) is 0 Å². The predicted molar refractivity (Wildman–Crippen MR) is 80.5 cm³/mol. The van der Waals surface area contributed by atoms with Gasteiger partial charge in [0.05, 0.1) is 0 Å². The monoisotopic (exact) mass is 283 g/mol. The smallest absolute Gasteiger partial charge is 0.134 e. The highest BCUT2D eigenvalue weighted by Gasteiger charge is 2.20. The zero-order chi connectivity index (χ0) is 14.8. The van der Waals surface area contributed by atoms with E-state index in [1.54, 1.807) is 0 Å². The number of oxime groups is 1. The molecule has 2 aromatic carbocycles. The lowest BCUT2D eigenvalue weighted by atomic mass is 10.0. The summed E-state index contributed by atoms with van der Waals surface area (Å²) in [6.07, 6.45) is 0. The average Bonchev–Trinajstić information content (AvgIpc) is 2.89. The lowest BCUT2D eigenvalue weighted by molar-refractivity contribution is 0.301. The van der Waals surface area contributed by atoms with Gasteiger partial charge in [0, 0.05) is 11.6 Å². The van der Waals surface area contributed by atoms with Crippen molar-refractivity contribution in [3.63, 3.8) is 0 Å². The van der Waals surface area contributed by atoms with Crippen LogP contribution in [-0.4, -0.2) is 17.5 Å². The topological polar surface area (TPSA) is 51.0 Å². The van der Waals surface area contributed by atoms with E-state index in [1.807, 2.05) is 24.3 Å². The molecule has 0 radical (unpaired) electrons. The summed E-state index contributed by atoms with van der Waals surface area (Å²) in [4.78, 5) is 0. The Bertz CT molecular complexity index is 687. The minimum atomic E-state index is 0.298. The van der Waals surface area contributed by atoms with Crippen LogP contribution in [0.5, 0.6) is 11.5 Å². The molecule has 0 fully saturated rings. The van der Waals surface area contributed by atoms with Gasteiger partial charge < -0.3 is 14.7 Å². The van der Waals surface area contributed by atoms with Crippen molar-refractivity contribution in [1.29, 1.82) is 0 Å². The van der Waals surface area contributed by atoms with Gasteiger partial charge >= 0.3 is 0 Å². The number of aryl methyl sites for hydroxylation is 2. The first kappa shape index (κ1) is 13.5. The minimum Gasteiger partial charge on any atom is -0.489 e. The summed E-state index contributed by atoms with van der Waals surface area (Å²) in [5.74, 6) is 1.44. The molecule has 0 saturated heterocycles. The summed E-state index contributed by atoms with van der Waals surface area (Å²) >= 11 is 0. The van der Waals surface area contributed by atoms with Crippen LogP contribution in [0.4, 0.5) is 0 Å². The van der Waals surface area contributed by atoms with Crippen LogP contribution in [-0.2, 0) is 6.61 Å². The van der Waals surface area contributed by atoms with Crippen molar-refractivity contribution in [2.24, 2.45) is 5.16 Å². The van der Waals surface area contributed by atoms with Gasteiger partial charge in [0.2, 0.25) is 0 Å². The maximum Gasteiger partial charge on any atom is 0.134 e. The number of ether oxygens (including phenoxy) is 2. The van der Waals surface area contributed by atoms with Crippen LogP contribution in [0.3, 0.4) is 0 Å². The van der Waals surface area contributed by atoms with Gasteiger partial charge in [-0.15, -0.1) is 0 Å². The quantitative estimate of drug-likeness (QED) is 0.693. The molecule has 3 rings (SSSR count). The Labute approximate surface area is 123 Å². The van der Waals surface area contributed by atoms with Crippen LogP contribution in [0.25, 0.3) is 0 Å². The summed E-state index contributed by atoms with van der Waals surface area (Å²) in [6, 6.07) is 11.8. The lowest BCUT2D eigenvalue weighted by Gasteiger charge is -2.12. The highest BCUT2D eigenvalue weighted by atomic mass is 16.5. The molecule has 108 valence electrons. The molecule has 1 heterocycles. The van der Waals surface area contributed by atoms with Crippen molar-refractivity contribution in [3.8, 4) is 11.5 Å². The maximum absolute atomic E-state index is 8.87. The second kappa shape index (κ2) is 5.48. The molecule has 4 nitrogen and oxygen atoms in total. The molecule has 21 heavy (non-hydrogen) atoms. The standard InChI is InChI=1S/C17H17NO3/c1-11-4-3-5-12(2)15(11)9-20-13-6-7-14-16(18-19)10-21-17(14)8-13/h3-8,19H,9-10H2,1-2H3/b18-16+. The third-order valence-electron chi connectivity index (χ3n) is 3.78. The largest absolute Gasteiger partial charge is 0.489 e. The summed E-state index contributed by atoms with van der Waals surface area (Å²) in [5, 5.41) is 12.1. The highest BCUT2D eigenvalue weighted by molar-refractivity contribution is 6.06. The Hall–Kier alpha value is -2.49. The Morgan fingerprint density at radius 3 is 2.67 bits per heavy atom. The molecule has 1 aliphatic heterocycles. The van der Waals surface area contributed by atoms with Crippen LogP contribution in [0.1, 0.15) is 22.3 Å². The fourth-order valence-corrected chi connectivity index (χ4v) is 2.49. The highest BCUT2D eigenvalue weighted by Crippen LogP contribution is 2.30. The van der Waals surface area contributed by atoms with Crippen LogP contribution >= 0.6 is 0 Å². The van der Waals surface area contributed by atoms with Crippen molar-refractivity contribution >= 4 is 5.71 Å². The van der Waals surface area contributed by atoms with Gasteiger partial charge in [0.25, 0.3) is 0 Å². The molecule has 4 heteroatoms. The van der Waals surface area contributed by atoms with Gasteiger partial charge in [-0.1, -0.05) is 23.4 Å². The van der Waals surface area contributed by atoms with Gasteiger partial charge in [-0.05, 0) is 42.7 Å². The average molecular weight is 283 g/mol. The van der Waals surface area contributed by atoms with E-state index in [-0.39, 0.29) is 0 Å². The first-order valence-corrected chi connectivity index (χ1v) is 6.85. The molecule has 0 spiro atoms. The molecule has 2 aromatic rings. The maximum atomic E-state index is 8.87. The van der Waals surface area contributed by atoms with Gasteiger partial charge in [0.1, 0.15) is 30.4 Å². The Balaban J connectivity index is 1.78. The van der Waals surface area contributed by atoms with E-state index in [2.05, 4.69) is 31.1 Å². The van der Waals surface area contributed by atoms with E-state index in [1.165, 1.54) is 16.7 Å². The second-order valence-corrected chi connectivity index (χ2v) is 5.15. The van der Waals surface area contributed by atoms with E-state index in [9.17, 15) is 0 Å². The van der Waals surface area contributed by atoms with E-state index in [0.29, 0.717) is 24.7 Å². The number of nitrogens with zero attached hydrogens (tertiary/aromatic N) is 1. The minimum absolute atomic E-state index is 0.298. The second-order valence-electron chi connectivity index (χ2n) is 5.15. The van der Waals surface area contributed by atoms with E-state index in [4.69, 9.17) is 14.7 Å². The lowest BCUT2D eigenvalue weighted by Crippen LogP contribution is -2.01. The van der Waals surface area contributed by atoms with E-state index in [0.717, 1.165) is 11.3 Å². The van der Waals surface area contributed by atoms with E-state index >= 15 is 0 Å². The Kier molecular flexibility index (Phi) is 3.52. The number of hydrogen-bond acceptors (Lipinski definition) is 4. The Morgan fingerprint density at radius 1 is 1.19 bits per heavy atom. The van der Waals surface area contributed by atoms with Crippen LogP contribution in [0.15, 0.2) is 41.6 Å². The molecule has 0 atom stereocenters. The molecule has 0 saturated carbocycles. The van der Waals surface area contributed by atoms with E-state index < -0.39 is 0 Å². The number of benzene rings is 2. The van der Waals surface area contributed by atoms with Crippen molar-refractivity contribution in [2.45, 2.75) is 20.5 Å². The summed E-state index contributed by atoms with van der Waals surface area (Å²) in [7, 11) is 0. The fraction of sp³-hybridized carbons (Fsp3) is 0.235. The summed E-state index contributed by atoms with van der Waals surface area (Å²) in [6.45, 7) is 4.99. The van der Waals surface area contributed by atoms with Crippen LogP contribution < -0.4 is 9.47 Å². The van der Waals surface area contributed by atoms with Gasteiger partial charge in [0.15, 0.2) is 0 Å². The SMILES string of the molecule is Cc1cccc(C)c1COc1ccc2c(c1)OC/C2=N\O. The molecule has 1 aliphatic rings. The molecular weight excluding hydrogens is 266 g/mol. The first-order chi connectivity index (χ1) is 10.2. The summed E-state index contributed by atoms with van der Waals surface area (Å²) in [5.41, 5.74) is 5.02. The van der Waals surface area contributed by atoms with Crippen molar-refractivity contribution in [1.82, 2.24) is 0 Å². The zero-order valence-electron chi connectivity index (χ0n) is 12.1. The van der Waals surface area contributed by atoms with Crippen LogP contribution in [0, 0.1) is 13.8 Å². The zero-order valence-corrected chi connectivity index (χ0v) is 12.1. The first-order valence-electron chi connectivity index (χ1n) is 6.85.